The van der Waals surface area contributed by atoms with Gasteiger partial charge in [0, 0.05) is 6.42 Å². The second-order valence-electron chi connectivity index (χ2n) is 7.32. The van der Waals surface area contributed by atoms with E-state index in [4.69, 9.17) is 14.2 Å². The van der Waals surface area contributed by atoms with Crippen molar-refractivity contribution in [2.45, 2.75) is 37.9 Å². The van der Waals surface area contributed by atoms with Crippen LogP contribution in [0.5, 0.6) is 11.5 Å². The number of nitrogens with two attached hydrogens (primary N) is 1. The summed E-state index contributed by atoms with van der Waals surface area (Å²) in [5, 5.41) is 12.4. The number of fused-ring (bicyclic) bond motifs is 1. The summed E-state index contributed by atoms with van der Waals surface area (Å²) in [5.41, 5.74) is 3.87. The first-order chi connectivity index (χ1) is 13.7. The third kappa shape index (κ3) is 5.47. The molecule has 2 aromatic rings. The largest absolute Gasteiger partial charge is 0.493 e. The van der Waals surface area contributed by atoms with E-state index in [2.05, 4.69) is 35.6 Å². The fourth-order valence-electron chi connectivity index (χ4n) is 3.79. The minimum absolute atomic E-state index is 0.117. The Bertz CT molecular complexity index is 749. The summed E-state index contributed by atoms with van der Waals surface area (Å²) in [6.45, 7) is 1.92. The van der Waals surface area contributed by atoms with Crippen LogP contribution >= 0.6 is 0 Å². The minimum atomic E-state index is -0.459. The first kappa shape index (κ1) is 20.6. The maximum atomic E-state index is 10.3. The molecular formula is C23H32NO4+. The first-order valence-electron chi connectivity index (χ1n) is 10.1. The van der Waals surface area contributed by atoms with E-state index in [1.165, 1.54) is 16.7 Å². The minimum Gasteiger partial charge on any atom is -0.493 e. The zero-order chi connectivity index (χ0) is 19.8. The van der Waals surface area contributed by atoms with Crippen LogP contribution in [0.3, 0.4) is 0 Å². The molecule has 2 aromatic carbocycles. The van der Waals surface area contributed by atoms with Crippen LogP contribution in [0.4, 0.5) is 0 Å². The van der Waals surface area contributed by atoms with Crippen LogP contribution in [0.15, 0.2) is 42.5 Å². The van der Waals surface area contributed by atoms with Crippen LogP contribution in [-0.4, -0.2) is 45.1 Å². The van der Waals surface area contributed by atoms with Gasteiger partial charge in [-0.3, -0.25) is 0 Å². The van der Waals surface area contributed by atoms with Crippen molar-refractivity contribution in [3.8, 4) is 11.5 Å². The third-order valence-electron chi connectivity index (χ3n) is 5.33. The Hall–Kier alpha value is -2.08. The number of hydrogen-bond acceptors (Lipinski definition) is 4. The summed E-state index contributed by atoms with van der Waals surface area (Å²) in [6, 6.07) is 14.5. The maximum absolute atomic E-state index is 10.3. The van der Waals surface area contributed by atoms with E-state index < -0.39 is 6.10 Å². The molecule has 152 valence electrons. The Labute approximate surface area is 167 Å². The standard InChI is InChI=1S/C23H31NO4/c1-26-22-11-10-17(14-23(22)27-2)12-13-24-15-19(25)16-28-21-9-5-7-18-6-3-4-8-20(18)21/h3-4,6,8,10-11,14,19,21,24-25H,5,7,9,12-13,15-16H2,1-2H3/p+1/t19-,21-/m0/s1. The number of rotatable bonds is 10. The molecule has 0 heterocycles. The van der Waals surface area contributed by atoms with Gasteiger partial charge in [0.15, 0.2) is 11.5 Å². The topological polar surface area (TPSA) is 64.5 Å². The van der Waals surface area contributed by atoms with Gasteiger partial charge in [0.2, 0.25) is 0 Å². The fraction of sp³-hybridized carbons (Fsp3) is 0.478. The van der Waals surface area contributed by atoms with Crippen molar-refractivity contribution in [3.63, 3.8) is 0 Å². The smallest absolute Gasteiger partial charge is 0.160 e. The maximum Gasteiger partial charge on any atom is 0.160 e. The van der Waals surface area contributed by atoms with E-state index >= 15 is 0 Å². The lowest BCUT2D eigenvalue weighted by molar-refractivity contribution is -0.660. The van der Waals surface area contributed by atoms with Crippen molar-refractivity contribution in [2.75, 3.05) is 33.9 Å². The van der Waals surface area contributed by atoms with Gasteiger partial charge >= 0.3 is 0 Å². The molecule has 3 N–H and O–H groups in total. The molecule has 1 aliphatic carbocycles. The molecule has 0 radical (unpaired) electrons. The molecule has 0 unspecified atom stereocenters. The van der Waals surface area contributed by atoms with Crippen LogP contribution < -0.4 is 14.8 Å². The average molecular weight is 387 g/mol. The molecule has 0 bridgehead atoms. The van der Waals surface area contributed by atoms with Crippen molar-refractivity contribution < 1.29 is 24.6 Å². The van der Waals surface area contributed by atoms with Gasteiger partial charge < -0.3 is 24.6 Å². The molecule has 0 amide bonds. The molecule has 0 aliphatic heterocycles. The van der Waals surface area contributed by atoms with Crippen LogP contribution in [0.25, 0.3) is 0 Å². The highest BCUT2D eigenvalue weighted by molar-refractivity contribution is 5.42. The van der Waals surface area contributed by atoms with Gasteiger partial charge in [-0.2, -0.15) is 0 Å². The Morgan fingerprint density at radius 2 is 1.93 bits per heavy atom. The molecule has 0 fully saturated rings. The van der Waals surface area contributed by atoms with Crippen LogP contribution in [0.2, 0.25) is 0 Å². The number of aliphatic hydroxyl groups excluding tert-OH is 1. The van der Waals surface area contributed by atoms with Gasteiger partial charge in [0.05, 0.1) is 33.5 Å². The molecule has 0 spiro atoms. The number of hydrogen-bond donors (Lipinski definition) is 2. The molecular weight excluding hydrogens is 354 g/mol. The monoisotopic (exact) mass is 386 g/mol. The normalized spacial score (nSPS) is 17.0. The zero-order valence-corrected chi connectivity index (χ0v) is 16.9. The van der Waals surface area contributed by atoms with E-state index in [1.54, 1.807) is 14.2 Å². The van der Waals surface area contributed by atoms with Crippen molar-refractivity contribution in [2.24, 2.45) is 0 Å². The zero-order valence-electron chi connectivity index (χ0n) is 16.9. The molecule has 5 nitrogen and oxygen atoms in total. The highest BCUT2D eigenvalue weighted by Crippen LogP contribution is 2.32. The van der Waals surface area contributed by atoms with Gasteiger partial charge in [0.1, 0.15) is 12.6 Å². The van der Waals surface area contributed by atoms with Crippen molar-refractivity contribution in [1.29, 1.82) is 0 Å². The Morgan fingerprint density at radius 3 is 2.75 bits per heavy atom. The van der Waals surface area contributed by atoms with E-state index in [9.17, 15) is 5.11 Å². The number of aryl methyl sites for hydroxylation is 1. The van der Waals surface area contributed by atoms with Crippen molar-refractivity contribution in [1.82, 2.24) is 0 Å². The number of aliphatic hydroxyl groups is 1. The number of methoxy groups -OCH3 is 2. The summed E-state index contributed by atoms with van der Waals surface area (Å²) >= 11 is 0. The Balaban J connectivity index is 1.38. The predicted octanol–water partition coefficient (Wildman–Crippen LogP) is 2.26. The summed E-state index contributed by atoms with van der Waals surface area (Å²) < 4.78 is 16.7. The molecule has 0 saturated heterocycles. The lowest BCUT2D eigenvalue weighted by Crippen LogP contribution is -2.87. The quantitative estimate of drug-likeness (QED) is 0.615. The summed E-state index contributed by atoms with van der Waals surface area (Å²) in [7, 11) is 3.29. The highest BCUT2D eigenvalue weighted by Gasteiger charge is 2.21. The van der Waals surface area contributed by atoms with Crippen LogP contribution in [-0.2, 0) is 17.6 Å². The van der Waals surface area contributed by atoms with E-state index in [1.807, 2.05) is 12.1 Å². The van der Waals surface area contributed by atoms with Gasteiger partial charge in [-0.15, -0.1) is 0 Å². The van der Waals surface area contributed by atoms with Crippen molar-refractivity contribution in [3.05, 3.63) is 59.2 Å². The number of benzene rings is 2. The lowest BCUT2D eigenvalue weighted by Gasteiger charge is -2.26. The average Bonchev–Trinajstić information content (AvgIpc) is 2.75. The Morgan fingerprint density at radius 1 is 1.11 bits per heavy atom. The second-order valence-corrected chi connectivity index (χ2v) is 7.32. The lowest BCUT2D eigenvalue weighted by atomic mass is 9.89. The predicted molar refractivity (Wildman–Crippen MR) is 109 cm³/mol. The summed E-state index contributed by atoms with van der Waals surface area (Å²) in [6.07, 6.45) is 3.87. The summed E-state index contributed by atoms with van der Waals surface area (Å²) in [4.78, 5) is 0. The van der Waals surface area contributed by atoms with Crippen molar-refractivity contribution >= 4 is 0 Å². The fourth-order valence-corrected chi connectivity index (χ4v) is 3.79. The Kier molecular flexibility index (Phi) is 7.71. The van der Waals surface area contributed by atoms with Gasteiger partial charge in [-0.25, -0.2) is 0 Å². The third-order valence-corrected chi connectivity index (χ3v) is 5.33. The van der Waals surface area contributed by atoms with E-state index in [0.717, 1.165) is 43.7 Å². The SMILES string of the molecule is COc1ccc(CC[NH2+]C[C@H](O)CO[C@H]2CCCc3ccccc32)cc1OC. The van der Waals surface area contributed by atoms with E-state index in [-0.39, 0.29) is 6.10 Å². The molecule has 3 rings (SSSR count). The van der Waals surface area contributed by atoms with Gasteiger partial charge in [-0.05, 0) is 48.1 Å². The van der Waals surface area contributed by atoms with Gasteiger partial charge in [-0.1, -0.05) is 30.3 Å². The van der Waals surface area contributed by atoms with Crippen LogP contribution in [0, 0.1) is 0 Å². The summed E-state index contributed by atoms with van der Waals surface area (Å²) in [5.74, 6) is 1.49. The number of quaternary nitrogens is 1. The molecule has 0 aromatic heterocycles. The van der Waals surface area contributed by atoms with Gasteiger partial charge in [0.25, 0.3) is 0 Å². The molecule has 0 saturated carbocycles. The number of ether oxygens (including phenoxy) is 3. The molecule has 2 atom stereocenters. The first-order valence-corrected chi connectivity index (χ1v) is 10.1. The van der Waals surface area contributed by atoms with E-state index in [0.29, 0.717) is 13.2 Å². The molecule has 1 aliphatic rings. The highest BCUT2D eigenvalue weighted by atomic mass is 16.5. The molecule has 28 heavy (non-hydrogen) atoms. The second kappa shape index (κ2) is 10.5. The van der Waals surface area contributed by atoms with Crippen LogP contribution in [0.1, 0.15) is 35.6 Å². The molecule has 5 heteroatoms.